The summed E-state index contributed by atoms with van der Waals surface area (Å²) in [4.78, 5) is 2.54. The Kier molecular flexibility index (Phi) is 7.77. The predicted molar refractivity (Wildman–Crippen MR) is 70.4 cm³/mol. The molecule has 102 valence electrons. The molecule has 0 saturated carbocycles. The SMILES string of the molecule is COCC1CCCN(CCNC(C)COC)C1. The molecule has 1 N–H and O–H groups in total. The van der Waals surface area contributed by atoms with Gasteiger partial charge in [-0.1, -0.05) is 0 Å². The van der Waals surface area contributed by atoms with Gasteiger partial charge in [-0.05, 0) is 32.2 Å². The van der Waals surface area contributed by atoms with Crippen LogP contribution in [-0.2, 0) is 9.47 Å². The number of nitrogens with zero attached hydrogens (tertiary/aromatic N) is 1. The second kappa shape index (κ2) is 8.86. The Bertz CT molecular complexity index is 188. The molecule has 0 bridgehead atoms. The van der Waals surface area contributed by atoms with Gasteiger partial charge in [0.25, 0.3) is 0 Å². The lowest BCUT2D eigenvalue weighted by molar-refractivity contribution is 0.0899. The molecule has 0 aromatic carbocycles. The first-order valence-electron chi connectivity index (χ1n) is 6.70. The molecule has 17 heavy (non-hydrogen) atoms. The van der Waals surface area contributed by atoms with Gasteiger partial charge >= 0.3 is 0 Å². The zero-order valence-electron chi connectivity index (χ0n) is 11.6. The third-order valence-electron chi connectivity index (χ3n) is 3.34. The molecule has 0 aliphatic carbocycles. The van der Waals surface area contributed by atoms with E-state index < -0.39 is 0 Å². The van der Waals surface area contributed by atoms with E-state index in [1.165, 1.54) is 25.9 Å². The van der Waals surface area contributed by atoms with Gasteiger partial charge in [-0.25, -0.2) is 0 Å². The summed E-state index contributed by atoms with van der Waals surface area (Å²) in [7, 11) is 3.55. The van der Waals surface area contributed by atoms with E-state index in [1.54, 1.807) is 14.2 Å². The molecule has 1 aliphatic heterocycles. The quantitative estimate of drug-likeness (QED) is 0.690. The van der Waals surface area contributed by atoms with Crippen LogP contribution in [-0.4, -0.2) is 64.6 Å². The minimum Gasteiger partial charge on any atom is -0.384 e. The van der Waals surface area contributed by atoms with Crippen LogP contribution >= 0.6 is 0 Å². The van der Waals surface area contributed by atoms with Gasteiger partial charge in [0.15, 0.2) is 0 Å². The highest BCUT2D eigenvalue weighted by Crippen LogP contribution is 2.15. The van der Waals surface area contributed by atoms with Crippen molar-refractivity contribution in [2.75, 3.05) is 53.6 Å². The number of piperidine rings is 1. The fraction of sp³-hybridized carbons (Fsp3) is 1.00. The molecular formula is C13H28N2O2. The molecule has 2 unspecified atom stereocenters. The average molecular weight is 244 g/mol. The Morgan fingerprint density at radius 3 is 2.88 bits per heavy atom. The second-order valence-corrected chi connectivity index (χ2v) is 5.07. The van der Waals surface area contributed by atoms with Gasteiger partial charge in [-0.3, -0.25) is 0 Å². The molecule has 0 spiro atoms. The van der Waals surface area contributed by atoms with Crippen molar-refractivity contribution in [3.05, 3.63) is 0 Å². The first-order valence-corrected chi connectivity index (χ1v) is 6.70. The number of hydrogen-bond acceptors (Lipinski definition) is 4. The van der Waals surface area contributed by atoms with E-state index >= 15 is 0 Å². The standard InChI is InChI=1S/C13H28N2O2/c1-12(10-16-2)14-6-8-15-7-4-5-13(9-15)11-17-3/h12-14H,4-11H2,1-3H3. The predicted octanol–water partition coefficient (Wildman–Crippen LogP) is 0.969. The van der Waals surface area contributed by atoms with E-state index in [1.807, 2.05) is 0 Å². The molecule has 0 amide bonds. The summed E-state index contributed by atoms with van der Waals surface area (Å²) in [5, 5.41) is 3.48. The number of nitrogens with one attached hydrogen (secondary N) is 1. The first kappa shape index (κ1) is 14.9. The highest BCUT2D eigenvalue weighted by atomic mass is 16.5. The van der Waals surface area contributed by atoms with E-state index in [0.717, 1.165) is 32.2 Å². The summed E-state index contributed by atoms with van der Waals surface area (Å²) < 4.78 is 10.3. The zero-order chi connectivity index (χ0) is 12.5. The van der Waals surface area contributed by atoms with Crippen LogP contribution in [0.15, 0.2) is 0 Å². The molecule has 0 aromatic heterocycles. The van der Waals surface area contributed by atoms with E-state index in [0.29, 0.717) is 6.04 Å². The fourth-order valence-electron chi connectivity index (χ4n) is 2.50. The van der Waals surface area contributed by atoms with Crippen molar-refractivity contribution in [1.82, 2.24) is 10.2 Å². The van der Waals surface area contributed by atoms with Crippen LogP contribution in [0.5, 0.6) is 0 Å². The van der Waals surface area contributed by atoms with E-state index in [2.05, 4.69) is 17.1 Å². The zero-order valence-corrected chi connectivity index (χ0v) is 11.6. The summed E-state index contributed by atoms with van der Waals surface area (Å²) in [5.74, 6) is 0.727. The van der Waals surface area contributed by atoms with E-state index in [-0.39, 0.29) is 0 Å². The average Bonchev–Trinajstić information content (AvgIpc) is 2.30. The largest absolute Gasteiger partial charge is 0.384 e. The monoisotopic (exact) mass is 244 g/mol. The smallest absolute Gasteiger partial charge is 0.0613 e. The van der Waals surface area contributed by atoms with E-state index in [9.17, 15) is 0 Å². The summed E-state index contributed by atoms with van der Waals surface area (Å²) in [6.45, 7) is 8.46. The van der Waals surface area contributed by atoms with Crippen molar-refractivity contribution < 1.29 is 9.47 Å². The van der Waals surface area contributed by atoms with Crippen LogP contribution in [0.25, 0.3) is 0 Å². The molecule has 0 radical (unpaired) electrons. The molecule has 4 nitrogen and oxygen atoms in total. The Balaban J connectivity index is 2.09. The third kappa shape index (κ3) is 6.36. The number of hydrogen-bond donors (Lipinski definition) is 1. The van der Waals surface area contributed by atoms with Crippen LogP contribution < -0.4 is 5.32 Å². The molecule has 2 atom stereocenters. The first-order chi connectivity index (χ1) is 8.26. The fourth-order valence-corrected chi connectivity index (χ4v) is 2.50. The molecule has 1 aliphatic rings. The Labute approximate surface area is 106 Å². The maximum Gasteiger partial charge on any atom is 0.0613 e. The molecule has 1 saturated heterocycles. The number of likely N-dealkylation sites (tertiary alicyclic amines) is 1. The van der Waals surface area contributed by atoms with Crippen LogP contribution in [0.2, 0.25) is 0 Å². The molecule has 4 heteroatoms. The highest BCUT2D eigenvalue weighted by molar-refractivity contribution is 4.73. The second-order valence-electron chi connectivity index (χ2n) is 5.07. The van der Waals surface area contributed by atoms with Gasteiger partial charge in [0.2, 0.25) is 0 Å². The van der Waals surface area contributed by atoms with Crippen LogP contribution in [0.4, 0.5) is 0 Å². The molecule has 1 heterocycles. The Hall–Kier alpha value is -0.160. The lowest BCUT2D eigenvalue weighted by Crippen LogP contribution is -2.42. The van der Waals surface area contributed by atoms with Gasteiger partial charge in [-0.15, -0.1) is 0 Å². The summed E-state index contributed by atoms with van der Waals surface area (Å²) >= 11 is 0. The number of ether oxygens (including phenoxy) is 2. The van der Waals surface area contributed by atoms with Crippen molar-refractivity contribution in [2.45, 2.75) is 25.8 Å². The summed E-state index contributed by atoms with van der Waals surface area (Å²) in [5.41, 5.74) is 0. The number of methoxy groups -OCH3 is 2. The summed E-state index contributed by atoms with van der Waals surface area (Å²) in [6.07, 6.45) is 2.62. The highest BCUT2D eigenvalue weighted by Gasteiger charge is 2.19. The maximum absolute atomic E-state index is 5.25. The van der Waals surface area contributed by atoms with Crippen molar-refractivity contribution >= 4 is 0 Å². The molecule has 1 fully saturated rings. The van der Waals surface area contributed by atoms with Crippen LogP contribution in [0.1, 0.15) is 19.8 Å². The molecule has 1 rings (SSSR count). The van der Waals surface area contributed by atoms with Crippen molar-refractivity contribution in [2.24, 2.45) is 5.92 Å². The van der Waals surface area contributed by atoms with E-state index in [4.69, 9.17) is 9.47 Å². The lowest BCUT2D eigenvalue weighted by atomic mass is 9.99. The van der Waals surface area contributed by atoms with Crippen LogP contribution in [0.3, 0.4) is 0 Å². The van der Waals surface area contributed by atoms with Gasteiger partial charge in [0.05, 0.1) is 13.2 Å². The lowest BCUT2D eigenvalue weighted by Gasteiger charge is -2.32. The van der Waals surface area contributed by atoms with Crippen molar-refractivity contribution in [1.29, 1.82) is 0 Å². The Morgan fingerprint density at radius 1 is 1.35 bits per heavy atom. The van der Waals surface area contributed by atoms with Gasteiger partial charge < -0.3 is 19.7 Å². The molecular weight excluding hydrogens is 216 g/mol. The minimum atomic E-state index is 0.444. The topological polar surface area (TPSA) is 33.7 Å². The Morgan fingerprint density at radius 2 is 2.18 bits per heavy atom. The third-order valence-corrected chi connectivity index (χ3v) is 3.34. The van der Waals surface area contributed by atoms with Crippen LogP contribution in [0, 0.1) is 5.92 Å². The maximum atomic E-state index is 5.25. The summed E-state index contributed by atoms with van der Waals surface area (Å²) in [6, 6.07) is 0.444. The number of rotatable bonds is 8. The molecule has 0 aromatic rings. The van der Waals surface area contributed by atoms with Gasteiger partial charge in [0, 0.05) is 39.9 Å². The minimum absolute atomic E-state index is 0.444. The van der Waals surface area contributed by atoms with Gasteiger partial charge in [0.1, 0.15) is 0 Å². The van der Waals surface area contributed by atoms with Crippen molar-refractivity contribution in [3.63, 3.8) is 0 Å². The van der Waals surface area contributed by atoms with Gasteiger partial charge in [-0.2, -0.15) is 0 Å². The normalized spacial score (nSPS) is 23.8. The van der Waals surface area contributed by atoms with Crippen molar-refractivity contribution in [3.8, 4) is 0 Å².